The number of cyclic esters (lactones) is 1. The molecule has 3 aromatic rings. The highest BCUT2D eigenvalue weighted by molar-refractivity contribution is 6.13. The number of esters is 1. The van der Waals surface area contributed by atoms with Gasteiger partial charge in [-0.15, -0.1) is 8.78 Å². The van der Waals surface area contributed by atoms with Crippen molar-refractivity contribution in [1.82, 2.24) is 0 Å². The van der Waals surface area contributed by atoms with Crippen LogP contribution in [-0.2, 0) is 11.3 Å². The van der Waals surface area contributed by atoms with Gasteiger partial charge in [0.15, 0.2) is 23.0 Å². The number of ether oxygens (including phenoxy) is 5. The molecule has 154 valence electrons. The third kappa shape index (κ3) is 2.51. The van der Waals surface area contributed by atoms with Crippen LogP contribution in [0, 0.1) is 0 Å². The number of hydrogen-bond donors (Lipinski definition) is 1. The minimum atomic E-state index is -3.77. The van der Waals surface area contributed by atoms with E-state index >= 15 is 0 Å². The molecule has 5 rings (SSSR count). The molecule has 3 aromatic carbocycles. The quantitative estimate of drug-likeness (QED) is 0.640. The van der Waals surface area contributed by atoms with E-state index in [0.29, 0.717) is 39.0 Å². The van der Waals surface area contributed by atoms with Crippen LogP contribution in [0.4, 0.5) is 8.78 Å². The monoisotopic (exact) mass is 416 g/mol. The molecule has 0 spiro atoms. The highest BCUT2D eigenvalue weighted by Gasteiger charge is 2.43. The Bertz CT molecular complexity index is 1240. The molecule has 2 aliphatic rings. The molecule has 9 heteroatoms. The number of benzene rings is 3. The normalized spacial score (nSPS) is 15.8. The predicted molar refractivity (Wildman–Crippen MR) is 99.5 cm³/mol. The number of alkyl halides is 2. The summed E-state index contributed by atoms with van der Waals surface area (Å²) in [5.41, 5.74) is 1.25. The van der Waals surface area contributed by atoms with E-state index in [9.17, 15) is 18.7 Å². The maximum Gasteiger partial charge on any atom is 0.586 e. The molecule has 0 bridgehead atoms. The van der Waals surface area contributed by atoms with Crippen molar-refractivity contribution >= 4 is 16.7 Å². The van der Waals surface area contributed by atoms with Gasteiger partial charge < -0.3 is 28.8 Å². The zero-order chi connectivity index (χ0) is 21.2. The molecule has 7 nitrogen and oxygen atoms in total. The number of phenols is 1. The molecule has 0 aliphatic carbocycles. The fraction of sp³-hybridized carbons (Fsp3) is 0.190. The Hall–Kier alpha value is -3.75. The fourth-order valence-corrected chi connectivity index (χ4v) is 3.83. The molecule has 30 heavy (non-hydrogen) atoms. The van der Waals surface area contributed by atoms with Crippen LogP contribution < -0.4 is 18.9 Å². The van der Waals surface area contributed by atoms with E-state index < -0.39 is 12.3 Å². The molecule has 0 saturated carbocycles. The van der Waals surface area contributed by atoms with Gasteiger partial charge in [-0.3, -0.25) is 0 Å². The number of hydrogen-bond acceptors (Lipinski definition) is 7. The van der Waals surface area contributed by atoms with Gasteiger partial charge >= 0.3 is 12.3 Å². The fourth-order valence-electron chi connectivity index (χ4n) is 3.83. The molecular weight excluding hydrogens is 402 g/mol. The third-order valence-electron chi connectivity index (χ3n) is 5.13. The number of rotatable bonds is 3. The van der Waals surface area contributed by atoms with Crippen molar-refractivity contribution in [2.75, 3.05) is 14.2 Å². The molecule has 2 heterocycles. The van der Waals surface area contributed by atoms with Gasteiger partial charge in [0.05, 0.1) is 19.8 Å². The van der Waals surface area contributed by atoms with Crippen LogP contribution in [0.25, 0.3) is 21.9 Å². The van der Waals surface area contributed by atoms with Gasteiger partial charge in [0.25, 0.3) is 0 Å². The van der Waals surface area contributed by atoms with Crippen molar-refractivity contribution in [2.45, 2.75) is 12.9 Å². The predicted octanol–water partition coefficient (Wildman–Crippen LogP) is 4.22. The number of carbonyl (C=O) groups excluding carboxylic acids is 1. The van der Waals surface area contributed by atoms with Gasteiger partial charge in [0, 0.05) is 16.5 Å². The van der Waals surface area contributed by atoms with Crippen LogP contribution >= 0.6 is 0 Å². The summed E-state index contributed by atoms with van der Waals surface area (Å²) in [7, 11) is 2.91. The van der Waals surface area contributed by atoms with Crippen LogP contribution in [0.3, 0.4) is 0 Å². The van der Waals surface area contributed by atoms with Crippen molar-refractivity contribution in [3.05, 3.63) is 41.5 Å². The first-order valence-electron chi connectivity index (χ1n) is 8.84. The van der Waals surface area contributed by atoms with Crippen LogP contribution in [-0.4, -0.2) is 31.6 Å². The van der Waals surface area contributed by atoms with E-state index in [0.717, 1.165) is 0 Å². The van der Waals surface area contributed by atoms with Crippen LogP contribution in [0.15, 0.2) is 30.3 Å². The second kappa shape index (κ2) is 6.12. The Labute approximate surface area is 168 Å². The SMILES string of the molecule is COc1cc2c(O)c3c(c(-c4ccc5c(c4)OC(F)(F)O5)c2cc1OC)C(=O)OC3. The molecule has 0 atom stereocenters. The summed E-state index contributed by atoms with van der Waals surface area (Å²) in [6.45, 7) is -0.111. The van der Waals surface area contributed by atoms with Crippen molar-refractivity contribution in [1.29, 1.82) is 0 Å². The molecule has 0 fully saturated rings. The van der Waals surface area contributed by atoms with Crippen molar-refractivity contribution in [3.63, 3.8) is 0 Å². The Balaban J connectivity index is 1.85. The second-order valence-electron chi connectivity index (χ2n) is 6.74. The maximum atomic E-state index is 13.5. The summed E-state index contributed by atoms with van der Waals surface area (Å²) < 4.78 is 51.7. The van der Waals surface area contributed by atoms with E-state index in [1.807, 2.05) is 0 Å². The first kappa shape index (κ1) is 18.3. The lowest BCUT2D eigenvalue weighted by Gasteiger charge is -2.16. The molecule has 0 saturated heterocycles. The Morgan fingerprint density at radius 2 is 1.63 bits per heavy atom. The van der Waals surface area contributed by atoms with E-state index in [2.05, 4.69) is 9.47 Å². The zero-order valence-electron chi connectivity index (χ0n) is 15.7. The highest BCUT2D eigenvalue weighted by Crippen LogP contribution is 2.49. The van der Waals surface area contributed by atoms with E-state index in [4.69, 9.17) is 14.2 Å². The smallest absolute Gasteiger partial charge is 0.507 e. The van der Waals surface area contributed by atoms with Gasteiger partial charge in [-0.1, -0.05) is 6.07 Å². The van der Waals surface area contributed by atoms with Gasteiger partial charge in [-0.25, -0.2) is 4.79 Å². The highest BCUT2D eigenvalue weighted by atomic mass is 19.3. The first-order chi connectivity index (χ1) is 14.3. The average Bonchev–Trinajstić information content (AvgIpc) is 3.25. The molecule has 0 unspecified atom stereocenters. The molecular formula is C21H14F2O7. The van der Waals surface area contributed by atoms with Crippen LogP contribution in [0.5, 0.6) is 28.7 Å². The van der Waals surface area contributed by atoms with Crippen LogP contribution in [0.2, 0.25) is 0 Å². The summed E-state index contributed by atoms with van der Waals surface area (Å²) in [5, 5.41) is 11.6. The van der Waals surface area contributed by atoms with E-state index in [1.165, 1.54) is 32.4 Å². The number of carbonyl (C=O) groups is 1. The van der Waals surface area contributed by atoms with E-state index in [1.54, 1.807) is 12.1 Å². The van der Waals surface area contributed by atoms with Crippen molar-refractivity contribution in [3.8, 4) is 39.9 Å². The number of aromatic hydroxyl groups is 1. The molecule has 2 aliphatic heterocycles. The summed E-state index contributed by atoms with van der Waals surface area (Å²) in [6, 6.07) is 7.39. The Morgan fingerprint density at radius 3 is 2.33 bits per heavy atom. The topological polar surface area (TPSA) is 83.5 Å². The van der Waals surface area contributed by atoms with Crippen LogP contribution in [0.1, 0.15) is 15.9 Å². The first-order valence-corrected chi connectivity index (χ1v) is 8.84. The average molecular weight is 416 g/mol. The Morgan fingerprint density at radius 1 is 0.967 bits per heavy atom. The standard InChI is InChI=1S/C21H14F2O7/c1-26-14-6-10-11(7-15(14)27-2)19(24)12-8-28-20(25)18(12)17(10)9-3-4-13-16(5-9)30-21(22,23)29-13/h3-7,24H,8H2,1-2H3. The van der Waals surface area contributed by atoms with Crippen molar-refractivity contribution < 1.29 is 42.4 Å². The molecule has 1 N–H and O–H groups in total. The summed E-state index contributed by atoms with van der Waals surface area (Å²) >= 11 is 0. The maximum absolute atomic E-state index is 13.5. The summed E-state index contributed by atoms with van der Waals surface area (Å²) in [4.78, 5) is 12.5. The number of methoxy groups -OCH3 is 2. The largest absolute Gasteiger partial charge is 0.586 e. The second-order valence-corrected chi connectivity index (χ2v) is 6.74. The zero-order valence-corrected chi connectivity index (χ0v) is 15.7. The number of phenolic OH excluding ortho intramolecular Hbond substituents is 1. The minimum absolute atomic E-state index is 0.111. The molecule has 0 radical (unpaired) electrons. The summed E-state index contributed by atoms with van der Waals surface area (Å²) in [5.74, 6) is -0.298. The third-order valence-corrected chi connectivity index (χ3v) is 5.13. The number of halogens is 2. The molecule has 0 amide bonds. The molecule has 0 aromatic heterocycles. The van der Waals surface area contributed by atoms with Gasteiger partial charge in [-0.2, -0.15) is 0 Å². The number of fused-ring (bicyclic) bond motifs is 3. The van der Waals surface area contributed by atoms with Gasteiger partial charge in [0.2, 0.25) is 0 Å². The van der Waals surface area contributed by atoms with Gasteiger partial charge in [0.1, 0.15) is 12.4 Å². The lowest BCUT2D eigenvalue weighted by Crippen LogP contribution is -2.25. The van der Waals surface area contributed by atoms with Gasteiger partial charge in [-0.05, 0) is 35.2 Å². The summed E-state index contributed by atoms with van der Waals surface area (Å²) in [6.07, 6.45) is -3.77. The van der Waals surface area contributed by atoms with Crippen molar-refractivity contribution in [2.24, 2.45) is 0 Å². The lowest BCUT2D eigenvalue weighted by molar-refractivity contribution is -0.286. The minimum Gasteiger partial charge on any atom is -0.507 e. The Kier molecular flexibility index (Phi) is 3.73. The lowest BCUT2D eigenvalue weighted by atomic mass is 9.89. The van der Waals surface area contributed by atoms with E-state index in [-0.39, 0.29) is 29.4 Å².